The molecule has 2 unspecified atom stereocenters. The number of carboxylic acids is 3. The number of aliphatic hydroxyl groups excluding tert-OH is 2. The summed E-state index contributed by atoms with van der Waals surface area (Å²) in [6.07, 6.45) is -4.12. The molecule has 0 spiro atoms. The van der Waals surface area contributed by atoms with Crippen LogP contribution < -0.4 is 0 Å². The summed E-state index contributed by atoms with van der Waals surface area (Å²) in [5, 5.41) is 44.8. The molecule has 0 fully saturated rings. The first-order valence-corrected chi connectivity index (χ1v) is 4.94. The van der Waals surface area contributed by atoms with Crippen molar-refractivity contribution in [3.8, 4) is 0 Å². The minimum atomic E-state index is -2.19. The highest BCUT2D eigenvalue weighted by Gasteiger charge is 2.26. The summed E-state index contributed by atoms with van der Waals surface area (Å²) in [5.74, 6) is -4.60. The van der Waals surface area contributed by atoms with E-state index in [0.717, 1.165) is 18.2 Å². The van der Waals surface area contributed by atoms with Gasteiger partial charge in [0.15, 0.2) is 6.10 Å². The standard InChI is InChI=1S/C11H10O8/c12-7(8(13)11(18)19)4-1-5(9(14)15)3-6(2-4)10(16)17/h1-3,7-8,12-13H,(H,14,15)(H,16,17)(H,18,19). The Labute approximate surface area is 106 Å². The van der Waals surface area contributed by atoms with Gasteiger partial charge in [-0.3, -0.25) is 0 Å². The molecule has 8 heteroatoms. The fraction of sp³-hybridized carbons (Fsp3) is 0.182. The predicted molar refractivity (Wildman–Crippen MR) is 59.0 cm³/mol. The quantitative estimate of drug-likeness (QED) is 0.482. The zero-order valence-corrected chi connectivity index (χ0v) is 9.35. The molecule has 0 heterocycles. The third-order valence-corrected chi connectivity index (χ3v) is 2.34. The second kappa shape index (κ2) is 5.46. The van der Waals surface area contributed by atoms with Crippen LogP contribution in [0.5, 0.6) is 0 Å². The average Bonchev–Trinajstić information content (AvgIpc) is 2.36. The summed E-state index contributed by atoms with van der Waals surface area (Å²) in [6, 6.07) is 2.64. The van der Waals surface area contributed by atoms with Crippen LogP contribution in [0.4, 0.5) is 0 Å². The van der Waals surface area contributed by atoms with Gasteiger partial charge in [-0.05, 0) is 23.8 Å². The van der Waals surface area contributed by atoms with Crippen LogP contribution >= 0.6 is 0 Å². The normalized spacial score (nSPS) is 13.6. The Morgan fingerprint density at radius 3 is 1.58 bits per heavy atom. The summed E-state index contributed by atoms with van der Waals surface area (Å²) in [7, 11) is 0. The first kappa shape index (κ1) is 14.6. The van der Waals surface area contributed by atoms with Gasteiger partial charge in [-0.25, -0.2) is 14.4 Å². The second-order valence-electron chi connectivity index (χ2n) is 3.68. The molecule has 0 aliphatic carbocycles. The number of aliphatic carboxylic acids is 1. The largest absolute Gasteiger partial charge is 0.479 e. The molecule has 1 aromatic carbocycles. The smallest absolute Gasteiger partial charge is 0.335 e. The van der Waals surface area contributed by atoms with Crippen LogP contribution in [0.15, 0.2) is 18.2 Å². The lowest BCUT2D eigenvalue weighted by atomic mass is 9.99. The lowest BCUT2D eigenvalue weighted by Gasteiger charge is -2.15. The Kier molecular flexibility index (Phi) is 4.20. The average molecular weight is 270 g/mol. The summed E-state index contributed by atoms with van der Waals surface area (Å²) in [5.41, 5.74) is -1.19. The van der Waals surface area contributed by atoms with Crippen molar-refractivity contribution in [2.45, 2.75) is 12.2 Å². The number of rotatable bonds is 5. The number of aromatic carboxylic acids is 2. The van der Waals surface area contributed by atoms with Crippen molar-refractivity contribution in [2.24, 2.45) is 0 Å². The number of carbonyl (C=O) groups is 3. The van der Waals surface area contributed by atoms with Crippen LogP contribution in [0.1, 0.15) is 32.4 Å². The van der Waals surface area contributed by atoms with Crippen molar-refractivity contribution >= 4 is 17.9 Å². The van der Waals surface area contributed by atoms with Crippen molar-refractivity contribution in [3.63, 3.8) is 0 Å². The van der Waals surface area contributed by atoms with E-state index >= 15 is 0 Å². The van der Waals surface area contributed by atoms with Crippen molar-refractivity contribution in [2.75, 3.05) is 0 Å². The maximum absolute atomic E-state index is 10.8. The van der Waals surface area contributed by atoms with Crippen LogP contribution in [0.25, 0.3) is 0 Å². The molecule has 19 heavy (non-hydrogen) atoms. The van der Waals surface area contributed by atoms with Gasteiger partial charge in [-0.15, -0.1) is 0 Å². The van der Waals surface area contributed by atoms with Gasteiger partial charge >= 0.3 is 17.9 Å². The highest BCUT2D eigenvalue weighted by molar-refractivity contribution is 5.94. The molecule has 8 nitrogen and oxygen atoms in total. The number of carboxylic acid groups (broad SMARTS) is 3. The lowest BCUT2D eigenvalue weighted by Crippen LogP contribution is -2.27. The molecular weight excluding hydrogens is 260 g/mol. The molecule has 5 N–H and O–H groups in total. The van der Waals surface area contributed by atoms with Crippen LogP contribution in [0, 0.1) is 0 Å². The summed E-state index contributed by atoms with van der Waals surface area (Å²) in [4.78, 5) is 32.1. The molecule has 0 bridgehead atoms. The van der Waals surface area contributed by atoms with Crippen LogP contribution in [0.3, 0.4) is 0 Å². The summed E-state index contributed by atoms with van der Waals surface area (Å²) < 4.78 is 0. The zero-order valence-electron chi connectivity index (χ0n) is 9.35. The van der Waals surface area contributed by atoms with E-state index in [1.54, 1.807) is 0 Å². The Hall–Kier alpha value is -2.45. The van der Waals surface area contributed by atoms with Gasteiger partial charge in [-0.2, -0.15) is 0 Å². The first-order chi connectivity index (χ1) is 8.73. The van der Waals surface area contributed by atoms with Gasteiger partial charge in [0.25, 0.3) is 0 Å². The zero-order chi connectivity index (χ0) is 14.7. The van der Waals surface area contributed by atoms with Crippen molar-refractivity contribution in [1.82, 2.24) is 0 Å². The van der Waals surface area contributed by atoms with Gasteiger partial charge in [-0.1, -0.05) is 0 Å². The van der Waals surface area contributed by atoms with E-state index < -0.39 is 41.2 Å². The minimum Gasteiger partial charge on any atom is -0.479 e. The molecular formula is C11H10O8. The van der Waals surface area contributed by atoms with Gasteiger partial charge in [0.2, 0.25) is 0 Å². The summed E-state index contributed by atoms with van der Waals surface area (Å²) in [6.45, 7) is 0. The van der Waals surface area contributed by atoms with Crippen molar-refractivity contribution in [3.05, 3.63) is 34.9 Å². The molecule has 1 rings (SSSR count). The highest BCUT2D eigenvalue weighted by atomic mass is 16.4. The van der Waals surface area contributed by atoms with Crippen molar-refractivity contribution < 1.29 is 39.9 Å². The van der Waals surface area contributed by atoms with Crippen molar-refractivity contribution in [1.29, 1.82) is 0 Å². The number of hydrogen-bond donors (Lipinski definition) is 5. The van der Waals surface area contributed by atoms with Gasteiger partial charge in [0, 0.05) is 0 Å². The third-order valence-electron chi connectivity index (χ3n) is 2.34. The molecule has 0 aliphatic heterocycles. The Balaban J connectivity index is 3.30. The lowest BCUT2D eigenvalue weighted by molar-refractivity contribution is -0.153. The maximum atomic E-state index is 10.8. The van der Waals surface area contributed by atoms with Gasteiger partial charge < -0.3 is 25.5 Å². The van der Waals surface area contributed by atoms with E-state index in [9.17, 15) is 19.5 Å². The summed E-state index contributed by atoms with van der Waals surface area (Å²) >= 11 is 0. The first-order valence-electron chi connectivity index (χ1n) is 4.94. The number of aliphatic hydroxyl groups is 2. The minimum absolute atomic E-state index is 0.313. The van der Waals surface area contributed by atoms with Crippen LogP contribution in [-0.4, -0.2) is 49.5 Å². The van der Waals surface area contributed by atoms with E-state index in [1.807, 2.05) is 0 Å². The molecule has 0 saturated carbocycles. The Bertz CT molecular complexity index is 503. The third kappa shape index (κ3) is 3.27. The predicted octanol–water partition coefficient (Wildman–Crippen LogP) is -0.438. The molecule has 1 aromatic rings. The van der Waals surface area contributed by atoms with E-state index in [1.165, 1.54) is 0 Å². The monoisotopic (exact) mass is 270 g/mol. The molecule has 102 valence electrons. The second-order valence-corrected chi connectivity index (χ2v) is 3.68. The molecule has 0 aromatic heterocycles. The maximum Gasteiger partial charge on any atom is 0.335 e. The van der Waals surface area contributed by atoms with E-state index in [2.05, 4.69) is 0 Å². The molecule has 0 aliphatic rings. The number of hydrogen-bond acceptors (Lipinski definition) is 5. The number of benzene rings is 1. The van der Waals surface area contributed by atoms with Gasteiger partial charge in [0.1, 0.15) is 6.10 Å². The Morgan fingerprint density at radius 2 is 1.26 bits per heavy atom. The van der Waals surface area contributed by atoms with E-state index in [-0.39, 0.29) is 5.56 Å². The molecule has 2 atom stereocenters. The van der Waals surface area contributed by atoms with E-state index in [4.69, 9.17) is 20.4 Å². The van der Waals surface area contributed by atoms with E-state index in [0.29, 0.717) is 0 Å². The topological polar surface area (TPSA) is 152 Å². The fourth-order valence-electron chi connectivity index (χ4n) is 1.39. The van der Waals surface area contributed by atoms with Gasteiger partial charge in [0.05, 0.1) is 11.1 Å². The SMILES string of the molecule is O=C(O)c1cc(C(=O)O)cc(C(O)C(O)C(=O)O)c1. The molecule has 0 amide bonds. The van der Waals surface area contributed by atoms with Crippen LogP contribution in [0.2, 0.25) is 0 Å². The Morgan fingerprint density at radius 1 is 0.842 bits per heavy atom. The molecule has 0 saturated heterocycles. The fourth-order valence-corrected chi connectivity index (χ4v) is 1.39. The van der Waals surface area contributed by atoms with Crippen LogP contribution in [-0.2, 0) is 4.79 Å². The highest BCUT2D eigenvalue weighted by Crippen LogP contribution is 2.21. The molecule has 0 radical (unpaired) electrons.